The van der Waals surface area contributed by atoms with E-state index in [4.69, 9.17) is 14.7 Å². The van der Waals surface area contributed by atoms with Gasteiger partial charge < -0.3 is 9.47 Å². The van der Waals surface area contributed by atoms with Gasteiger partial charge in [0.2, 0.25) is 0 Å². The highest BCUT2D eigenvalue weighted by molar-refractivity contribution is 14.1. The van der Waals surface area contributed by atoms with Crippen molar-refractivity contribution in [2.45, 2.75) is 6.42 Å². The van der Waals surface area contributed by atoms with E-state index in [0.29, 0.717) is 6.42 Å². The van der Waals surface area contributed by atoms with Crippen molar-refractivity contribution in [2.24, 2.45) is 0 Å². The van der Waals surface area contributed by atoms with Crippen molar-refractivity contribution in [3.63, 3.8) is 0 Å². The SMILES string of the molecule is COc1cc(CC#N)c(OC)cc1I. The van der Waals surface area contributed by atoms with Crippen LogP contribution < -0.4 is 9.47 Å². The fourth-order valence-electron chi connectivity index (χ4n) is 1.15. The van der Waals surface area contributed by atoms with Crippen molar-refractivity contribution in [3.8, 4) is 17.6 Å². The highest BCUT2D eigenvalue weighted by atomic mass is 127. The minimum Gasteiger partial charge on any atom is -0.496 e. The average Bonchev–Trinajstić information content (AvgIpc) is 2.20. The summed E-state index contributed by atoms with van der Waals surface area (Å²) in [5.41, 5.74) is 0.854. The highest BCUT2D eigenvalue weighted by Gasteiger charge is 2.08. The second kappa shape index (κ2) is 5.05. The predicted molar refractivity (Wildman–Crippen MR) is 61.6 cm³/mol. The van der Waals surface area contributed by atoms with Crippen molar-refractivity contribution < 1.29 is 9.47 Å². The Morgan fingerprint density at radius 3 is 2.43 bits per heavy atom. The van der Waals surface area contributed by atoms with Gasteiger partial charge in [-0.3, -0.25) is 0 Å². The van der Waals surface area contributed by atoms with E-state index < -0.39 is 0 Å². The zero-order valence-corrected chi connectivity index (χ0v) is 10.2. The molecule has 0 N–H and O–H groups in total. The summed E-state index contributed by atoms with van der Waals surface area (Å²) in [4.78, 5) is 0. The van der Waals surface area contributed by atoms with Gasteiger partial charge in [-0.2, -0.15) is 5.26 Å². The molecule has 0 atom stereocenters. The molecule has 0 aromatic heterocycles. The molecule has 0 saturated heterocycles. The monoisotopic (exact) mass is 303 g/mol. The van der Waals surface area contributed by atoms with Crippen molar-refractivity contribution in [1.29, 1.82) is 5.26 Å². The number of nitriles is 1. The lowest BCUT2D eigenvalue weighted by atomic mass is 10.1. The van der Waals surface area contributed by atoms with E-state index >= 15 is 0 Å². The molecule has 0 unspecified atom stereocenters. The molecule has 3 nitrogen and oxygen atoms in total. The van der Waals surface area contributed by atoms with Crippen LogP contribution >= 0.6 is 22.6 Å². The highest BCUT2D eigenvalue weighted by Crippen LogP contribution is 2.29. The van der Waals surface area contributed by atoms with Gasteiger partial charge in [-0.15, -0.1) is 0 Å². The van der Waals surface area contributed by atoms with Crippen LogP contribution in [0.2, 0.25) is 0 Å². The number of rotatable bonds is 3. The van der Waals surface area contributed by atoms with E-state index in [1.54, 1.807) is 14.2 Å². The molecule has 14 heavy (non-hydrogen) atoms. The van der Waals surface area contributed by atoms with Crippen molar-refractivity contribution in [3.05, 3.63) is 21.3 Å². The van der Waals surface area contributed by atoms with Crippen LogP contribution in [0, 0.1) is 14.9 Å². The van der Waals surface area contributed by atoms with Gasteiger partial charge >= 0.3 is 0 Å². The van der Waals surface area contributed by atoms with E-state index in [9.17, 15) is 0 Å². The van der Waals surface area contributed by atoms with Crippen LogP contribution in [-0.2, 0) is 6.42 Å². The van der Waals surface area contributed by atoms with Crippen LogP contribution in [-0.4, -0.2) is 14.2 Å². The van der Waals surface area contributed by atoms with Gasteiger partial charge in [0.25, 0.3) is 0 Å². The van der Waals surface area contributed by atoms with Crippen LogP contribution in [0.1, 0.15) is 5.56 Å². The number of methoxy groups -OCH3 is 2. The Hall–Kier alpha value is -0.960. The van der Waals surface area contributed by atoms with Gasteiger partial charge in [-0.25, -0.2) is 0 Å². The fourth-order valence-corrected chi connectivity index (χ4v) is 1.81. The Kier molecular flexibility index (Phi) is 4.01. The first-order valence-electron chi connectivity index (χ1n) is 4.00. The molecule has 0 heterocycles. The molecular weight excluding hydrogens is 293 g/mol. The fraction of sp³-hybridized carbons (Fsp3) is 0.300. The summed E-state index contributed by atoms with van der Waals surface area (Å²) in [5.74, 6) is 1.51. The molecular formula is C10H10INO2. The van der Waals surface area contributed by atoms with Gasteiger partial charge in [-0.1, -0.05) is 0 Å². The van der Waals surface area contributed by atoms with E-state index in [-0.39, 0.29) is 0 Å². The maximum atomic E-state index is 8.62. The lowest BCUT2D eigenvalue weighted by Crippen LogP contribution is -1.95. The molecule has 0 aliphatic rings. The molecule has 0 aliphatic carbocycles. The minimum absolute atomic E-state index is 0.330. The molecule has 0 fully saturated rings. The maximum absolute atomic E-state index is 8.62. The predicted octanol–water partition coefficient (Wildman–Crippen LogP) is 2.37. The summed E-state index contributed by atoms with van der Waals surface area (Å²) in [6.45, 7) is 0. The lowest BCUT2D eigenvalue weighted by Gasteiger charge is -2.09. The van der Waals surface area contributed by atoms with Crippen LogP contribution in [0.5, 0.6) is 11.5 Å². The summed E-state index contributed by atoms with van der Waals surface area (Å²) in [6, 6.07) is 5.80. The third kappa shape index (κ3) is 2.29. The third-order valence-electron chi connectivity index (χ3n) is 1.82. The van der Waals surface area contributed by atoms with Gasteiger partial charge in [0.15, 0.2) is 0 Å². The number of ether oxygens (including phenoxy) is 2. The molecule has 4 heteroatoms. The summed E-state index contributed by atoms with van der Waals surface area (Å²) >= 11 is 2.17. The molecule has 0 amide bonds. The van der Waals surface area contributed by atoms with E-state index in [0.717, 1.165) is 20.6 Å². The Balaban J connectivity index is 3.19. The second-order valence-electron chi connectivity index (χ2n) is 2.63. The Labute approximate surface area is 96.8 Å². The quantitative estimate of drug-likeness (QED) is 0.805. The first-order chi connectivity index (χ1) is 6.72. The number of nitrogens with zero attached hydrogens (tertiary/aromatic N) is 1. The van der Waals surface area contributed by atoms with Crippen molar-refractivity contribution in [2.75, 3.05) is 14.2 Å². The summed E-state index contributed by atoms with van der Waals surface area (Å²) in [5, 5.41) is 8.62. The Morgan fingerprint density at radius 1 is 1.29 bits per heavy atom. The molecule has 0 bridgehead atoms. The standard InChI is InChI=1S/C10H10INO2/c1-13-9-6-8(11)10(14-2)5-7(9)3-4-12/h5-6H,3H2,1-2H3. The number of hydrogen-bond acceptors (Lipinski definition) is 3. The summed E-state index contributed by atoms with van der Waals surface area (Å²) in [6.07, 6.45) is 0.330. The van der Waals surface area contributed by atoms with Crippen LogP contribution in [0.4, 0.5) is 0 Å². The smallest absolute Gasteiger partial charge is 0.132 e. The number of benzene rings is 1. The zero-order chi connectivity index (χ0) is 10.6. The third-order valence-corrected chi connectivity index (χ3v) is 2.67. The van der Waals surface area contributed by atoms with Gasteiger partial charge in [0.1, 0.15) is 11.5 Å². The second-order valence-corrected chi connectivity index (χ2v) is 3.80. The molecule has 0 saturated carbocycles. The molecule has 0 spiro atoms. The van der Waals surface area contributed by atoms with Crippen molar-refractivity contribution >= 4 is 22.6 Å². The van der Waals surface area contributed by atoms with E-state index in [1.807, 2.05) is 12.1 Å². The normalized spacial score (nSPS) is 9.29. The van der Waals surface area contributed by atoms with Gasteiger partial charge in [-0.05, 0) is 34.7 Å². The molecule has 1 aromatic carbocycles. The van der Waals surface area contributed by atoms with Gasteiger partial charge in [0.05, 0.1) is 30.3 Å². The molecule has 1 aromatic rings. The number of halogens is 1. The number of hydrogen-bond donors (Lipinski definition) is 0. The zero-order valence-electron chi connectivity index (χ0n) is 8.00. The van der Waals surface area contributed by atoms with Crippen LogP contribution in [0.25, 0.3) is 0 Å². The van der Waals surface area contributed by atoms with E-state index in [2.05, 4.69) is 28.7 Å². The first-order valence-corrected chi connectivity index (χ1v) is 5.08. The topological polar surface area (TPSA) is 42.2 Å². The van der Waals surface area contributed by atoms with Crippen LogP contribution in [0.15, 0.2) is 12.1 Å². The minimum atomic E-state index is 0.330. The van der Waals surface area contributed by atoms with Gasteiger partial charge in [0, 0.05) is 5.56 Å². The average molecular weight is 303 g/mol. The molecule has 0 aliphatic heterocycles. The first kappa shape index (κ1) is 11.1. The molecule has 74 valence electrons. The molecule has 0 radical (unpaired) electrons. The summed E-state index contributed by atoms with van der Waals surface area (Å²) < 4.78 is 11.3. The molecule has 1 rings (SSSR count). The maximum Gasteiger partial charge on any atom is 0.132 e. The van der Waals surface area contributed by atoms with E-state index in [1.165, 1.54) is 0 Å². The Morgan fingerprint density at radius 2 is 1.93 bits per heavy atom. The van der Waals surface area contributed by atoms with Crippen molar-refractivity contribution in [1.82, 2.24) is 0 Å². The van der Waals surface area contributed by atoms with Crippen LogP contribution in [0.3, 0.4) is 0 Å². The summed E-state index contributed by atoms with van der Waals surface area (Å²) in [7, 11) is 3.21. The largest absolute Gasteiger partial charge is 0.496 e. The lowest BCUT2D eigenvalue weighted by molar-refractivity contribution is 0.397. The Bertz CT molecular complexity index is 371.